The van der Waals surface area contributed by atoms with Gasteiger partial charge in [0, 0.05) is 50.3 Å². The number of nitrogens with one attached hydrogen (secondary N) is 1. The summed E-state index contributed by atoms with van der Waals surface area (Å²) in [7, 11) is -3.84. The van der Waals surface area contributed by atoms with Gasteiger partial charge in [-0.25, -0.2) is 18.7 Å². The Morgan fingerprint density at radius 3 is 2.56 bits per heavy atom. The Labute approximate surface area is 186 Å². The van der Waals surface area contributed by atoms with Crippen LogP contribution in [0.4, 0.5) is 4.79 Å². The van der Waals surface area contributed by atoms with Crippen LogP contribution in [0.5, 0.6) is 0 Å². The highest BCUT2D eigenvalue weighted by molar-refractivity contribution is 7.92. The first kappa shape index (κ1) is 23.4. The fraction of sp³-hybridized carbons (Fsp3) is 0.476. The second-order valence-electron chi connectivity index (χ2n) is 8.13. The first-order valence-corrected chi connectivity index (χ1v) is 11.8. The van der Waals surface area contributed by atoms with Gasteiger partial charge in [-0.3, -0.25) is 19.4 Å². The van der Waals surface area contributed by atoms with Crippen LogP contribution in [0.15, 0.2) is 12.3 Å². The maximum absolute atomic E-state index is 12.6. The predicted octanol–water partition coefficient (Wildman–Crippen LogP) is -0.196. The lowest BCUT2D eigenvalue weighted by atomic mass is 10.0. The predicted molar refractivity (Wildman–Crippen MR) is 114 cm³/mol. The average Bonchev–Trinajstić information content (AvgIpc) is 3.21. The lowest BCUT2D eigenvalue weighted by molar-refractivity contribution is -0.133. The molecule has 3 heterocycles. The minimum absolute atomic E-state index is 0.0165. The number of rotatable bonds is 5. The average molecular weight is 461 g/mol. The van der Waals surface area contributed by atoms with Crippen molar-refractivity contribution >= 4 is 27.7 Å². The van der Waals surface area contributed by atoms with Crippen molar-refractivity contribution in [3.63, 3.8) is 0 Å². The number of amides is 3. The van der Waals surface area contributed by atoms with E-state index in [0.29, 0.717) is 24.3 Å². The van der Waals surface area contributed by atoms with Crippen molar-refractivity contribution in [3.8, 4) is 23.7 Å². The molecule has 0 saturated carbocycles. The number of nitrogens with zero attached hydrogens (tertiary/aromatic N) is 3. The highest BCUT2D eigenvalue weighted by Gasteiger charge is 2.44. The molecule has 0 radical (unpaired) electrons. The van der Waals surface area contributed by atoms with Gasteiger partial charge in [-0.05, 0) is 31.3 Å². The van der Waals surface area contributed by atoms with Crippen molar-refractivity contribution in [2.75, 3.05) is 25.9 Å². The Balaban J connectivity index is 1.60. The molecule has 3 amide bonds. The van der Waals surface area contributed by atoms with E-state index in [1.165, 1.54) is 28.8 Å². The Bertz CT molecular complexity index is 1190. The second kappa shape index (κ2) is 8.69. The van der Waals surface area contributed by atoms with E-state index in [2.05, 4.69) is 23.7 Å². The number of hydroxylamine groups is 1. The van der Waals surface area contributed by atoms with E-state index < -0.39 is 20.5 Å². The number of likely N-dealkylation sites (tertiary alicyclic amines) is 1. The maximum Gasteiger partial charge on any atom is 0.328 e. The lowest BCUT2D eigenvalue weighted by Crippen LogP contribution is -2.50. The molecule has 1 aromatic rings. The van der Waals surface area contributed by atoms with Crippen LogP contribution in [0, 0.1) is 29.6 Å². The quantitative estimate of drug-likeness (QED) is 0.356. The molecule has 170 valence electrons. The third-order valence-corrected chi connectivity index (χ3v) is 7.89. The van der Waals surface area contributed by atoms with Gasteiger partial charge in [0.1, 0.15) is 0 Å². The summed E-state index contributed by atoms with van der Waals surface area (Å²) >= 11 is 0. The first-order valence-electron chi connectivity index (χ1n) is 9.88. The van der Waals surface area contributed by atoms with E-state index in [1.807, 2.05) is 0 Å². The summed E-state index contributed by atoms with van der Waals surface area (Å²) in [5.41, 5.74) is 2.71. The van der Waals surface area contributed by atoms with E-state index >= 15 is 0 Å². The molecule has 0 bridgehead atoms. The Kier molecular flexibility index (Phi) is 6.35. The van der Waals surface area contributed by atoms with Gasteiger partial charge in [0.25, 0.3) is 5.91 Å². The van der Waals surface area contributed by atoms with Gasteiger partial charge < -0.3 is 9.80 Å². The number of carbonyl (C=O) groups excluding carboxylic acids is 3. The normalized spacial score (nSPS) is 17.3. The zero-order valence-electron chi connectivity index (χ0n) is 18.0. The summed E-state index contributed by atoms with van der Waals surface area (Å²) in [5.74, 6) is 10.5. The Morgan fingerprint density at radius 2 is 2.00 bits per heavy atom. The summed E-state index contributed by atoms with van der Waals surface area (Å²) in [5, 5.41) is 8.90. The maximum atomic E-state index is 12.6. The van der Waals surface area contributed by atoms with Crippen LogP contribution in [0.25, 0.3) is 0 Å². The summed E-state index contributed by atoms with van der Waals surface area (Å²) in [6.45, 7) is 4.23. The van der Waals surface area contributed by atoms with Crippen molar-refractivity contribution < 1.29 is 28.0 Å². The van der Waals surface area contributed by atoms with Crippen molar-refractivity contribution in [1.82, 2.24) is 19.8 Å². The first-order chi connectivity index (χ1) is 15.0. The number of sulfone groups is 1. The molecular weight excluding hydrogens is 436 g/mol. The molecule has 1 saturated heterocycles. The van der Waals surface area contributed by atoms with Crippen LogP contribution in [-0.4, -0.2) is 76.5 Å². The van der Waals surface area contributed by atoms with Crippen LogP contribution in [0.2, 0.25) is 0 Å². The minimum Gasteiger partial charge on any atom is -0.340 e. The zero-order chi connectivity index (χ0) is 23.7. The molecule has 32 heavy (non-hydrogen) atoms. The van der Waals surface area contributed by atoms with Gasteiger partial charge >= 0.3 is 6.03 Å². The minimum atomic E-state index is -3.84. The molecule has 10 nitrogen and oxygen atoms in total. The molecular formula is C21H24N4O6S. The summed E-state index contributed by atoms with van der Waals surface area (Å²) in [6, 6.07) is 1.40. The largest absolute Gasteiger partial charge is 0.340 e. The lowest BCUT2D eigenvalue weighted by Gasteiger charge is -2.35. The summed E-state index contributed by atoms with van der Waals surface area (Å²) in [6.07, 6.45) is 2.33. The van der Waals surface area contributed by atoms with Crippen LogP contribution < -0.4 is 5.48 Å². The second-order valence-corrected chi connectivity index (χ2v) is 10.6. The van der Waals surface area contributed by atoms with Crippen LogP contribution in [-0.2, 0) is 26.0 Å². The molecule has 0 spiro atoms. The van der Waals surface area contributed by atoms with Crippen molar-refractivity contribution in [3.05, 3.63) is 23.5 Å². The molecule has 0 aromatic carbocycles. The number of aromatic nitrogens is 1. The van der Waals surface area contributed by atoms with Crippen LogP contribution in [0.1, 0.15) is 31.5 Å². The number of hydrogen-bond donors (Lipinski definition) is 2. The number of fused-ring (bicyclic) bond motifs is 1. The fourth-order valence-corrected chi connectivity index (χ4v) is 4.31. The topological polar surface area (TPSA) is 129 Å². The van der Waals surface area contributed by atoms with Crippen LogP contribution >= 0.6 is 0 Å². The molecule has 11 heteroatoms. The van der Waals surface area contributed by atoms with Crippen molar-refractivity contribution in [2.45, 2.75) is 31.6 Å². The van der Waals surface area contributed by atoms with Gasteiger partial charge in [-0.2, -0.15) is 0 Å². The molecule has 1 aromatic heterocycles. The van der Waals surface area contributed by atoms with E-state index in [1.54, 1.807) is 17.2 Å². The van der Waals surface area contributed by atoms with E-state index in [0.717, 1.165) is 6.26 Å². The van der Waals surface area contributed by atoms with Gasteiger partial charge in [0.05, 0.1) is 12.5 Å². The smallest absolute Gasteiger partial charge is 0.328 e. The molecule has 0 unspecified atom stereocenters. The molecule has 2 N–H and O–H groups in total. The molecule has 0 aliphatic carbocycles. The van der Waals surface area contributed by atoms with E-state index in [-0.39, 0.29) is 37.4 Å². The monoisotopic (exact) mass is 460 g/mol. The third-order valence-electron chi connectivity index (χ3n) is 5.86. The standard InChI is InChI=1S/C21H24N4O6S/c1-15(26)24-11-17(12-24)7-5-4-6-16-10-18-14-23(20(28)25(18)13-16)9-8-21(2,19(27)22-29)32(3,30)31/h10,13,17,29H,8-9,11-12,14H2,1-3H3,(H,22,27)/t21-/m1/s1. The fourth-order valence-electron chi connectivity index (χ4n) is 3.47. The van der Waals surface area contributed by atoms with Gasteiger partial charge in [0.2, 0.25) is 5.91 Å². The van der Waals surface area contributed by atoms with E-state index in [9.17, 15) is 22.8 Å². The molecule has 1 atom stereocenters. The third kappa shape index (κ3) is 4.49. The van der Waals surface area contributed by atoms with Crippen LogP contribution in [0.3, 0.4) is 0 Å². The van der Waals surface area contributed by atoms with Crippen molar-refractivity contribution in [1.29, 1.82) is 0 Å². The number of carbonyl (C=O) groups is 3. The molecule has 3 rings (SSSR count). The molecule has 2 aliphatic heterocycles. The molecule has 1 fully saturated rings. The SMILES string of the molecule is CC(=O)N1CC(C#CC#Cc2cc3n(c2)C(=O)N(CC[C@](C)(C(=O)NO)S(C)(=O)=O)C3)C1. The summed E-state index contributed by atoms with van der Waals surface area (Å²) in [4.78, 5) is 38.8. The van der Waals surface area contributed by atoms with Gasteiger partial charge in [0.15, 0.2) is 14.6 Å². The zero-order valence-corrected chi connectivity index (χ0v) is 18.8. The number of hydrogen-bond acceptors (Lipinski definition) is 6. The van der Waals surface area contributed by atoms with Crippen molar-refractivity contribution in [2.24, 2.45) is 5.92 Å². The highest BCUT2D eigenvalue weighted by Crippen LogP contribution is 2.25. The molecule has 2 aliphatic rings. The highest BCUT2D eigenvalue weighted by atomic mass is 32.2. The van der Waals surface area contributed by atoms with Gasteiger partial charge in [-0.1, -0.05) is 11.8 Å². The van der Waals surface area contributed by atoms with Gasteiger partial charge in [-0.15, -0.1) is 0 Å². The van der Waals surface area contributed by atoms with E-state index in [4.69, 9.17) is 5.21 Å². The summed E-state index contributed by atoms with van der Waals surface area (Å²) < 4.78 is 23.7. The Hall–Kier alpha value is -3.28. The Morgan fingerprint density at radius 1 is 1.31 bits per heavy atom.